The maximum atomic E-state index is 13.4. The molecule has 0 atom stereocenters. The molecule has 0 N–H and O–H groups in total. The Morgan fingerprint density at radius 3 is 1.84 bits per heavy atom. The maximum absolute atomic E-state index is 13.4. The highest BCUT2D eigenvalue weighted by atomic mass is 32.2. The van der Waals surface area contributed by atoms with Crippen molar-refractivity contribution in [2.45, 2.75) is 64.2 Å². The zero-order chi connectivity index (χ0) is 27.3. The van der Waals surface area contributed by atoms with Crippen molar-refractivity contribution in [3.05, 3.63) is 88.5 Å². The van der Waals surface area contributed by atoms with Gasteiger partial charge in [0.2, 0.25) is 0 Å². The number of hydrogen-bond acceptors (Lipinski definition) is 6. The molecule has 1 aliphatic carbocycles. The highest BCUT2D eigenvalue weighted by Gasteiger charge is 2.28. The van der Waals surface area contributed by atoms with Crippen LogP contribution in [0.1, 0.15) is 81.5 Å². The lowest BCUT2D eigenvalue weighted by Crippen LogP contribution is -2.14. The summed E-state index contributed by atoms with van der Waals surface area (Å²) < 4.78 is 37.3. The largest absolute Gasteiger partial charge is 0.497 e. The average Bonchev–Trinajstić information content (AvgIpc) is 2.88. The summed E-state index contributed by atoms with van der Waals surface area (Å²) in [5.41, 5.74) is 4.80. The molecule has 0 radical (unpaired) electrons. The molecule has 0 heterocycles. The van der Waals surface area contributed by atoms with Crippen LogP contribution >= 0.6 is 0 Å². The van der Waals surface area contributed by atoms with E-state index in [-0.39, 0.29) is 22.6 Å². The molecule has 0 bridgehead atoms. The number of nitriles is 1. The van der Waals surface area contributed by atoms with E-state index >= 15 is 0 Å². The fourth-order valence-corrected chi connectivity index (χ4v) is 5.48. The summed E-state index contributed by atoms with van der Waals surface area (Å²) in [6.07, 6.45) is 6.68. The Balaban J connectivity index is 1.94. The monoisotopic (exact) mass is 518 g/mol. The average molecular weight is 519 g/mol. The van der Waals surface area contributed by atoms with Gasteiger partial charge in [0.25, 0.3) is 0 Å². The van der Waals surface area contributed by atoms with Gasteiger partial charge in [-0.1, -0.05) is 71.0 Å². The normalized spacial score (nSPS) is 13.3. The first-order chi connectivity index (χ1) is 17.5. The third kappa shape index (κ3) is 6.39. The first-order valence-corrected chi connectivity index (χ1v) is 13.7. The number of benzene rings is 2. The molecular formula is C30H34N2O4S. The molecule has 3 rings (SSSR count). The van der Waals surface area contributed by atoms with E-state index in [1.54, 1.807) is 43.5 Å². The van der Waals surface area contributed by atoms with Gasteiger partial charge >= 0.3 is 10.1 Å². The van der Waals surface area contributed by atoms with Gasteiger partial charge in [-0.2, -0.15) is 13.7 Å². The third-order valence-corrected chi connectivity index (χ3v) is 7.46. The van der Waals surface area contributed by atoms with Gasteiger partial charge < -0.3 is 4.74 Å². The van der Waals surface area contributed by atoms with E-state index in [1.165, 1.54) is 0 Å². The summed E-state index contributed by atoms with van der Waals surface area (Å²) in [4.78, 5) is 0.196. The standard InChI is InChI=1S/C30H34N2O4S/c1-19(2)24-16-27(20(3)4)30(28(17-24)21(5)6)37(33,34)36-32-25-12-8-22(9-13-25)29(18-31)23-10-14-26(35-7)15-11-23/h8-17,19-21H,1-7H3. The summed E-state index contributed by atoms with van der Waals surface area (Å²) in [5, 5.41) is 13.7. The van der Waals surface area contributed by atoms with Crippen LogP contribution in [0.4, 0.5) is 0 Å². The van der Waals surface area contributed by atoms with Gasteiger partial charge in [0.1, 0.15) is 22.4 Å². The van der Waals surface area contributed by atoms with Gasteiger partial charge in [0.05, 0.1) is 12.7 Å². The molecule has 7 heteroatoms. The summed E-state index contributed by atoms with van der Waals surface area (Å²) in [6, 6.07) is 13.4. The molecule has 0 saturated carbocycles. The topological polar surface area (TPSA) is 88.8 Å². The lowest BCUT2D eigenvalue weighted by Gasteiger charge is -2.21. The number of ether oxygens (including phenoxy) is 1. The van der Waals surface area contributed by atoms with Crippen molar-refractivity contribution in [3.63, 3.8) is 0 Å². The first kappa shape index (κ1) is 27.9. The van der Waals surface area contributed by atoms with E-state index in [2.05, 4.69) is 25.1 Å². The minimum atomic E-state index is -4.17. The van der Waals surface area contributed by atoms with Gasteiger partial charge in [-0.15, -0.1) is 0 Å². The molecular weight excluding hydrogens is 484 g/mol. The Kier molecular flexibility index (Phi) is 8.77. The molecule has 0 amide bonds. The second kappa shape index (κ2) is 11.6. The Morgan fingerprint density at radius 2 is 1.41 bits per heavy atom. The van der Waals surface area contributed by atoms with Gasteiger partial charge in [0.15, 0.2) is 0 Å². The van der Waals surface area contributed by atoms with E-state index in [4.69, 9.17) is 9.02 Å². The number of hydrogen-bond donors (Lipinski definition) is 0. The van der Waals surface area contributed by atoms with E-state index in [1.807, 2.05) is 52.0 Å². The lowest BCUT2D eigenvalue weighted by atomic mass is 9.89. The SMILES string of the molecule is COc1ccc(C(C#N)=C2C=CC(=NOS(=O)(=O)c3c(C(C)C)cc(C(C)C)cc3C(C)C)C=C2)cc1. The Bertz CT molecular complexity index is 1370. The summed E-state index contributed by atoms with van der Waals surface area (Å²) in [6.45, 7) is 12.1. The van der Waals surface area contributed by atoms with Crippen molar-refractivity contribution < 1.29 is 17.4 Å². The predicted molar refractivity (Wildman–Crippen MR) is 148 cm³/mol. The summed E-state index contributed by atoms with van der Waals surface area (Å²) in [7, 11) is -2.58. The molecule has 0 aromatic heterocycles. The molecule has 37 heavy (non-hydrogen) atoms. The predicted octanol–water partition coefficient (Wildman–Crippen LogP) is 7.23. The second-order valence-electron chi connectivity index (χ2n) is 9.87. The minimum Gasteiger partial charge on any atom is -0.497 e. The van der Waals surface area contributed by atoms with Crippen molar-refractivity contribution in [2.24, 2.45) is 5.16 Å². The van der Waals surface area contributed by atoms with Crippen LogP contribution in [0.25, 0.3) is 5.57 Å². The fraction of sp³-hybridized carbons (Fsp3) is 0.333. The third-order valence-electron chi connectivity index (χ3n) is 6.22. The quantitative estimate of drug-likeness (QED) is 0.272. The minimum absolute atomic E-state index is 0.0123. The van der Waals surface area contributed by atoms with Crippen molar-refractivity contribution >= 4 is 21.4 Å². The van der Waals surface area contributed by atoms with Crippen molar-refractivity contribution in [3.8, 4) is 11.8 Å². The number of oxime groups is 1. The molecule has 0 fully saturated rings. The highest BCUT2D eigenvalue weighted by molar-refractivity contribution is 7.86. The molecule has 194 valence electrons. The first-order valence-electron chi connectivity index (χ1n) is 12.3. The molecule has 2 aromatic carbocycles. The van der Waals surface area contributed by atoms with Gasteiger partial charge in [-0.3, -0.25) is 4.28 Å². The number of nitrogens with zero attached hydrogens (tertiary/aromatic N) is 2. The van der Waals surface area contributed by atoms with Crippen molar-refractivity contribution in [1.29, 1.82) is 5.26 Å². The lowest BCUT2D eigenvalue weighted by molar-refractivity contribution is 0.338. The Labute approximate surface area is 220 Å². The fourth-order valence-electron chi connectivity index (χ4n) is 4.05. The molecule has 6 nitrogen and oxygen atoms in total. The molecule has 0 unspecified atom stereocenters. The van der Waals surface area contributed by atoms with Gasteiger partial charge in [0, 0.05) is 0 Å². The number of rotatable bonds is 8. The van der Waals surface area contributed by atoms with Crippen LogP contribution in [0, 0.1) is 11.3 Å². The van der Waals surface area contributed by atoms with Crippen LogP contribution in [-0.4, -0.2) is 21.2 Å². The van der Waals surface area contributed by atoms with E-state index in [9.17, 15) is 13.7 Å². The Hall–Kier alpha value is -3.63. The number of allylic oxidation sites excluding steroid dienone is 6. The zero-order valence-corrected chi connectivity index (χ0v) is 23.3. The Morgan fingerprint density at radius 1 is 0.865 bits per heavy atom. The van der Waals surface area contributed by atoms with Crippen LogP contribution in [0.2, 0.25) is 0 Å². The van der Waals surface area contributed by atoms with E-state index < -0.39 is 10.1 Å². The molecule has 0 saturated heterocycles. The van der Waals surface area contributed by atoms with Crippen LogP contribution in [0.5, 0.6) is 5.75 Å². The van der Waals surface area contributed by atoms with Crippen LogP contribution in [-0.2, 0) is 14.4 Å². The maximum Gasteiger partial charge on any atom is 0.359 e. The van der Waals surface area contributed by atoms with Gasteiger partial charge in [-0.05, 0) is 82.0 Å². The number of methoxy groups -OCH3 is 1. The molecule has 0 aliphatic heterocycles. The van der Waals surface area contributed by atoms with E-state index in [0.717, 1.165) is 22.3 Å². The van der Waals surface area contributed by atoms with Crippen LogP contribution < -0.4 is 4.74 Å². The van der Waals surface area contributed by atoms with E-state index in [0.29, 0.717) is 22.6 Å². The smallest absolute Gasteiger partial charge is 0.359 e. The van der Waals surface area contributed by atoms with Crippen LogP contribution in [0.3, 0.4) is 0 Å². The van der Waals surface area contributed by atoms with Crippen LogP contribution in [0.15, 0.2) is 76.3 Å². The molecule has 2 aromatic rings. The summed E-state index contributed by atoms with van der Waals surface area (Å²) in [5.74, 6) is 0.945. The summed E-state index contributed by atoms with van der Waals surface area (Å²) >= 11 is 0. The van der Waals surface area contributed by atoms with Gasteiger partial charge in [-0.25, -0.2) is 0 Å². The highest BCUT2D eigenvalue weighted by Crippen LogP contribution is 2.36. The van der Waals surface area contributed by atoms with Crippen molar-refractivity contribution in [2.75, 3.05) is 7.11 Å². The molecule has 1 aliphatic rings. The van der Waals surface area contributed by atoms with Crippen molar-refractivity contribution in [1.82, 2.24) is 0 Å². The zero-order valence-electron chi connectivity index (χ0n) is 22.4. The molecule has 0 spiro atoms. The second-order valence-corrected chi connectivity index (χ2v) is 11.3.